The Labute approximate surface area is 120 Å². The fourth-order valence-electron chi connectivity index (χ4n) is 1.62. The fraction of sp³-hybridized carbons (Fsp3) is 0.500. The second-order valence-corrected chi connectivity index (χ2v) is 7.60. The summed E-state index contributed by atoms with van der Waals surface area (Å²) in [5.41, 5.74) is 0.310. The molecule has 6 heteroatoms. The molecule has 0 aliphatic rings. The van der Waals surface area contributed by atoms with E-state index in [2.05, 4.69) is 0 Å². The van der Waals surface area contributed by atoms with E-state index in [0.717, 1.165) is 6.26 Å². The number of hydrogen-bond donors (Lipinski definition) is 1. The molecule has 0 aliphatic heterocycles. The van der Waals surface area contributed by atoms with Gasteiger partial charge in [0.15, 0.2) is 9.84 Å². The van der Waals surface area contributed by atoms with Crippen LogP contribution in [0.25, 0.3) is 0 Å². The Bertz CT molecular complexity index is 620. The quantitative estimate of drug-likeness (QED) is 0.907. The molecule has 20 heavy (non-hydrogen) atoms. The molecule has 0 bridgehead atoms. The molecule has 0 heterocycles. The minimum absolute atomic E-state index is 0.113. The highest BCUT2D eigenvalue weighted by Gasteiger charge is 2.28. The van der Waals surface area contributed by atoms with Crippen LogP contribution >= 0.6 is 0 Å². The van der Waals surface area contributed by atoms with Gasteiger partial charge in [0.2, 0.25) is 0 Å². The van der Waals surface area contributed by atoms with Gasteiger partial charge < -0.3 is 10.0 Å². The summed E-state index contributed by atoms with van der Waals surface area (Å²) in [6, 6.07) is 4.49. The molecular weight excluding hydrogens is 278 g/mol. The first kappa shape index (κ1) is 16.7. The van der Waals surface area contributed by atoms with Crippen LogP contribution < -0.4 is 0 Å². The second-order valence-electron chi connectivity index (χ2n) is 5.58. The third-order valence-corrected chi connectivity index (χ3v) is 4.58. The number of likely N-dealkylation sites (N-methyl/N-ethyl adjacent to an activating group) is 1. The highest BCUT2D eigenvalue weighted by atomic mass is 32.2. The van der Waals surface area contributed by atoms with E-state index in [9.17, 15) is 18.3 Å². The van der Waals surface area contributed by atoms with Crippen LogP contribution in [0.2, 0.25) is 0 Å². The van der Waals surface area contributed by atoms with E-state index in [0.29, 0.717) is 11.1 Å². The summed E-state index contributed by atoms with van der Waals surface area (Å²) >= 11 is 0. The van der Waals surface area contributed by atoms with Crippen LogP contribution in [0.15, 0.2) is 23.1 Å². The molecule has 1 N–H and O–H groups in total. The molecule has 0 saturated heterocycles. The molecule has 0 unspecified atom stereocenters. The molecule has 0 saturated carbocycles. The predicted octanol–water partition coefficient (Wildman–Crippen LogP) is 1.24. The van der Waals surface area contributed by atoms with Gasteiger partial charge in [0.05, 0.1) is 17.0 Å². The van der Waals surface area contributed by atoms with Crippen LogP contribution in [0.1, 0.15) is 29.8 Å². The van der Waals surface area contributed by atoms with Crippen LogP contribution in [0, 0.1) is 6.92 Å². The van der Waals surface area contributed by atoms with Crippen molar-refractivity contribution in [2.75, 3.05) is 19.9 Å². The number of carbonyl (C=O) groups is 1. The lowest BCUT2D eigenvalue weighted by Gasteiger charge is -2.34. The lowest BCUT2D eigenvalue weighted by atomic mass is 10.0. The maximum Gasteiger partial charge on any atom is 0.254 e. The Balaban J connectivity index is 3.30. The summed E-state index contributed by atoms with van der Waals surface area (Å²) in [4.78, 5) is 14.0. The van der Waals surface area contributed by atoms with Crippen molar-refractivity contribution in [2.24, 2.45) is 0 Å². The second kappa shape index (κ2) is 5.54. The molecule has 1 amide bonds. The molecule has 1 aromatic carbocycles. The van der Waals surface area contributed by atoms with E-state index in [4.69, 9.17) is 0 Å². The van der Waals surface area contributed by atoms with Crippen LogP contribution in [0.3, 0.4) is 0 Å². The fourth-order valence-corrected chi connectivity index (χ4v) is 2.27. The molecule has 112 valence electrons. The van der Waals surface area contributed by atoms with Crippen LogP contribution in [0.4, 0.5) is 0 Å². The first-order valence-electron chi connectivity index (χ1n) is 6.20. The average molecular weight is 299 g/mol. The number of hydrogen-bond acceptors (Lipinski definition) is 4. The topological polar surface area (TPSA) is 74.7 Å². The van der Waals surface area contributed by atoms with Gasteiger partial charge in [0, 0.05) is 18.9 Å². The van der Waals surface area contributed by atoms with Gasteiger partial charge in [-0.3, -0.25) is 4.79 Å². The van der Waals surface area contributed by atoms with Crippen molar-refractivity contribution < 1.29 is 18.3 Å². The summed E-state index contributed by atoms with van der Waals surface area (Å²) < 4.78 is 23.2. The summed E-state index contributed by atoms with van der Waals surface area (Å²) in [5, 5.41) is 9.32. The van der Waals surface area contributed by atoms with Gasteiger partial charge in [-0.15, -0.1) is 0 Å². The molecule has 5 nitrogen and oxygen atoms in total. The Hall–Kier alpha value is -1.40. The highest BCUT2D eigenvalue weighted by Crippen LogP contribution is 2.20. The molecule has 0 aliphatic carbocycles. The van der Waals surface area contributed by atoms with Crippen molar-refractivity contribution in [2.45, 2.75) is 31.2 Å². The molecule has 0 radical (unpaired) electrons. The molecule has 0 spiro atoms. The van der Waals surface area contributed by atoms with E-state index in [-0.39, 0.29) is 17.4 Å². The third-order valence-electron chi connectivity index (χ3n) is 3.47. The van der Waals surface area contributed by atoms with Gasteiger partial charge in [-0.25, -0.2) is 8.42 Å². The number of rotatable bonds is 4. The first-order chi connectivity index (χ1) is 9.00. The zero-order chi connectivity index (χ0) is 15.7. The van der Waals surface area contributed by atoms with Gasteiger partial charge in [0.25, 0.3) is 5.91 Å². The normalized spacial score (nSPS) is 12.3. The maximum atomic E-state index is 12.5. The van der Waals surface area contributed by atoms with Gasteiger partial charge in [0.1, 0.15) is 0 Å². The van der Waals surface area contributed by atoms with Crippen LogP contribution in [0.5, 0.6) is 0 Å². The van der Waals surface area contributed by atoms with Crippen molar-refractivity contribution in [3.63, 3.8) is 0 Å². The van der Waals surface area contributed by atoms with Gasteiger partial charge in [-0.1, -0.05) is 6.07 Å². The maximum absolute atomic E-state index is 12.5. The van der Waals surface area contributed by atoms with Crippen molar-refractivity contribution in [1.82, 2.24) is 4.90 Å². The standard InChI is InChI=1S/C14H21NO4S/c1-10-6-7-11(20(5,18)19)8-12(10)13(17)15(4)14(2,3)9-16/h6-8,16H,9H2,1-5H3. The van der Waals surface area contributed by atoms with E-state index >= 15 is 0 Å². The number of benzene rings is 1. The Morgan fingerprint density at radius 3 is 2.35 bits per heavy atom. The number of aryl methyl sites for hydroxylation is 1. The first-order valence-corrected chi connectivity index (χ1v) is 8.09. The molecule has 1 aromatic rings. The monoisotopic (exact) mass is 299 g/mol. The Kier molecular flexibility index (Phi) is 4.61. The SMILES string of the molecule is Cc1ccc(S(C)(=O)=O)cc1C(=O)N(C)C(C)(C)CO. The molecule has 0 atom stereocenters. The van der Waals surface area contributed by atoms with Crippen molar-refractivity contribution >= 4 is 15.7 Å². The van der Waals surface area contributed by atoms with Crippen molar-refractivity contribution in [3.8, 4) is 0 Å². The van der Waals surface area contributed by atoms with Crippen molar-refractivity contribution in [1.29, 1.82) is 0 Å². The lowest BCUT2D eigenvalue weighted by molar-refractivity contribution is 0.0472. The smallest absolute Gasteiger partial charge is 0.254 e. The Morgan fingerprint density at radius 1 is 1.35 bits per heavy atom. The number of sulfone groups is 1. The molecular formula is C14H21NO4S. The molecule has 0 aromatic heterocycles. The summed E-state index contributed by atoms with van der Waals surface area (Å²) in [7, 11) is -1.77. The number of carbonyl (C=O) groups excluding carboxylic acids is 1. The zero-order valence-electron chi connectivity index (χ0n) is 12.5. The minimum atomic E-state index is -3.36. The van der Waals surface area contributed by atoms with Crippen molar-refractivity contribution in [3.05, 3.63) is 29.3 Å². The van der Waals surface area contributed by atoms with E-state index in [1.54, 1.807) is 33.9 Å². The summed E-state index contributed by atoms with van der Waals surface area (Å²) in [5.74, 6) is -0.313. The number of amides is 1. The average Bonchev–Trinajstić information content (AvgIpc) is 2.36. The predicted molar refractivity (Wildman–Crippen MR) is 77.5 cm³/mol. The molecule has 1 rings (SSSR count). The zero-order valence-corrected chi connectivity index (χ0v) is 13.3. The van der Waals surface area contributed by atoms with E-state index in [1.807, 2.05) is 0 Å². The lowest BCUT2D eigenvalue weighted by Crippen LogP contribution is -2.47. The molecule has 0 fully saturated rings. The largest absolute Gasteiger partial charge is 0.394 e. The van der Waals surface area contributed by atoms with Crippen LogP contribution in [-0.2, 0) is 9.84 Å². The minimum Gasteiger partial charge on any atom is -0.394 e. The van der Waals surface area contributed by atoms with Gasteiger partial charge in [-0.05, 0) is 38.5 Å². The number of nitrogens with zero attached hydrogens (tertiary/aromatic N) is 1. The highest BCUT2D eigenvalue weighted by molar-refractivity contribution is 7.90. The van der Waals surface area contributed by atoms with E-state index < -0.39 is 15.4 Å². The third kappa shape index (κ3) is 3.37. The summed E-state index contributed by atoms with van der Waals surface area (Å²) in [6.45, 7) is 5.04. The van der Waals surface area contributed by atoms with Crippen LogP contribution in [-0.4, -0.2) is 49.8 Å². The summed E-state index contributed by atoms with van der Waals surface area (Å²) in [6.07, 6.45) is 1.10. The van der Waals surface area contributed by atoms with Gasteiger partial charge in [-0.2, -0.15) is 0 Å². The number of aliphatic hydroxyl groups is 1. The van der Waals surface area contributed by atoms with E-state index in [1.165, 1.54) is 17.0 Å². The van der Waals surface area contributed by atoms with Gasteiger partial charge >= 0.3 is 0 Å². The number of aliphatic hydroxyl groups excluding tert-OH is 1. The Morgan fingerprint density at radius 2 is 1.90 bits per heavy atom.